The number of carbonyl (C=O) groups is 2. The Morgan fingerprint density at radius 3 is 2.53 bits per heavy atom. The van der Waals surface area contributed by atoms with Gasteiger partial charge in [-0.25, -0.2) is 9.78 Å². The molecule has 1 aliphatic carbocycles. The van der Waals surface area contributed by atoms with Crippen LogP contribution in [0.1, 0.15) is 48.5 Å². The fraction of sp³-hybridized carbons (Fsp3) is 0.571. The number of aromatic nitrogens is 1. The van der Waals surface area contributed by atoms with Crippen LogP contribution in [0.5, 0.6) is 0 Å². The van der Waals surface area contributed by atoms with Gasteiger partial charge < -0.3 is 20.3 Å². The fourth-order valence-electron chi connectivity index (χ4n) is 3.95. The minimum atomic E-state index is -4.57. The maximum atomic E-state index is 13.7. The van der Waals surface area contributed by atoms with E-state index in [0.717, 1.165) is 30.2 Å². The summed E-state index contributed by atoms with van der Waals surface area (Å²) in [5.74, 6) is 0.205. The topological polar surface area (TPSA) is 83.6 Å². The van der Waals surface area contributed by atoms with E-state index in [4.69, 9.17) is 4.74 Å². The molecule has 1 saturated heterocycles. The fourth-order valence-corrected chi connectivity index (χ4v) is 4.97. The van der Waals surface area contributed by atoms with Gasteiger partial charge in [0.2, 0.25) is 0 Å². The van der Waals surface area contributed by atoms with Crippen LogP contribution in [0.3, 0.4) is 0 Å². The van der Waals surface area contributed by atoms with Crippen LogP contribution >= 0.6 is 11.3 Å². The molecule has 32 heavy (non-hydrogen) atoms. The highest BCUT2D eigenvalue weighted by atomic mass is 32.1. The van der Waals surface area contributed by atoms with Crippen LogP contribution in [-0.4, -0.2) is 49.3 Å². The second-order valence-electron chi connectivity index (χ2n) is 8.29. The first-order valence-corrected chi connectivity index (χ1v) is 11.5. The first kappa shape index (κ1) is 22.6. The predicted molar refractivity (Wildman–Crippen MR) is 115 cm³/mol. The van der Waals surface area contributed by atoms with E-state index in [9.17, 15) is 22.8 Å². The molecule has 1 saturated carbocycles. The largest absolute Gasteiger partial charge is 0.446 e. The predicted octanol–water partition coefficient (Wildman–Crippen LogP) is 4.17. The van der Waals surface area contributed by atoms with E-state index >= 15 is 0 Å². The van der Waals surface area contributed by atoms with Crippen LogP contribution in [0.15, 0.2) is 11.4 Å². The van der Waals surface area contributed by atoms with E-state index in [-0.39, 0.29) is 33.7 Å². The molecule has 2 aromatic heterocycles. The van der Waals surface area contributed by atoms with Gasteiger partial charge in [-0.2, -0.15) is 13.2 Å². The Hall–Kier alpha value is -2.56. The number of fused-ring (bicyclic) bond motifs is 1. The highest BCUT2D eigenvalue weighted by Gasteiger charge is 2.36. The van der Waals surface area contributed by atoms with Gasteiger partial charge in [0.05, 0.1) is 21.3 Å². The third-order valence-electron chi connectivity index (χ3n) is 6.00. The van der Waals surface area contributed by atoms with Gasteiger partial charge in [0.1, 0.15) is 11.9 Å². The molecule has 174 valence electrons. The highest BCUT2D eigenvalue weighted by molar-refractivity contribution is 7.17. The average Bonchev–Trinajstić information content (AvgIpc) is 3.52. The number of hydrogen-bond acceptors (Lipinski definition) is 6. The molecule has 7 nitrogen and oxygen atoms in total. The van der Waals surface area contributed by atoms with E-state index in [1.807, 2.05) is 6.92 Å². The first-order chi connectivity index (χ1) is 15.2. The Kier molecular flexibility index (Phi) is 6.19. The van der Waals surface area contributed by atoms with E-state index in [2.05, 4.69) is 15.6 Å². The summed E-state index contributed by atoms with van der Waals surface area (Å²) in [4.78, 5) is 30.3. The number of anilines is 1. The Morgan fingerprint density at radius 1 is 1.25 bits per heavy atom. The Labute approximate surface area is 187 Å². The van der Waals surface area contributed by atoms with Gasteiger partial charge in [-0.15, -0.1) is 11.3 Å². The highest BCUT2D eigenvalue weighted by Crippen LogP contribution is 2.40. The van der Waals surface area contributed by atoms with Crippen molar-refractivity contribution in [1.29, 1.82) is 0 Å². The quantitative estimate of drug-likeness (QED) is 0.686. The van der Waals surface area contributed by atoms with E-state index in [1.54, 1.807) is 4.90 Å². The molecule has 1 atom stereocenters. The van der Waals surface area contributed by atoms with Crippen molar-refractivity contribution >= 4 is 39.4 Å². The molecule has 0 unspecified atom stereocenters. The van der Waals surface area contributed by atoms with Crippen molar-refractivity contribution < 1.29 is 27.5 Å². The number of alkyl halides is 3. The number of piperidine rings is 1. The molecule has 0 aromatic carbocycles. The van der Waals surface area contributed by atoms with Crippen LogP contribution in [0.4, 0.5) is 23.8 Å². The summed E-state index contributed by atoms with van der Waals surface area (Å²) in [6.45, 7) is 2.75. The van der Waals surface area contributed by atoms with Crippen LogP contribution in [-0.2, 0) is 10.9 Å². The molecule has 2 N–H and O–H groups in total. The maximum absolute atomic E-state index is 13.7. The molecular weight excluding hydrogens is 445 g/mol. The first-order valence-electron chi connectivity index (χ1n) is 10.6. The lowest BCUT2D eigenvalue weighted by atomic mass is 10.1. The molecule has 2 aromatic rings. The number of nitrogens with one attached hydrogen (secondary N) is 2. The summed E-state index contributed by atoms with van der Waals surface area (Å²) in [6, 6.07) is 1.12. The lowest BCUT2D eigenvalue weighted by molar-refractivity contribution is -0.136. The van der Waals surface area contributed by atoms with Gasteiger partial charge in [-0.05, 0) is 31.7 Å². The number of rotatable bonds is 5. The van der Waals surface area contributed by atoms with Gasteiger partial charge >= 0.3 is 12.3 Å². The van der Waals surface area contributed by atoms with Crippen molar-refractivity contribution in [2.75, 3.05) is 25.0 Å². The average molecular weight is 471 g/mol. The van der Waals surface area contributed by atoms with E-state index in [0.29, 0.717) is 31.8 Å². The van der Waals surface area contributed by atoms with Crippen LogP contribution in [0.25, 0.3) is 10.2 Å². The molecule has 0 spiro atoms. The van der Waals surface area contributed by atoms with Crippen molar-refractivity contribution in [3.05, 3.63) is 22.6 Å². The van der Waals surface area contributed by atoms with Gasteiger partial charge in [0.25, 0.3) is 5.91 Å². The zero-order valence-electron chi connectivity index (χ0n) is 17.8. The van der Waals surface area contributed by atoms with Crippen LogP contribution < -0.4 is 15.5 Å². The summed E-state index contributed by atoms with van der Waals surface area (Å²) < 4.78 is 46.6. The Morgan fingerprint density at radius 2 is 1.94 bits per heavy atom. The Balaban J connectivity index is 1.49. The maximum Gasteiger partial charge on any atom is 0.417 e. The van der Waals surface area contributed by atoms with Gasteiger partial charge in [0.15, 0.2) is 0 Å². The van der Waals surface area contributed by atoms with E-state index in [1.165, 1.54) is 12.4 Å². The summed E-state index contributed by atoms with van der Waals surface area (Å²) in [5, 5.41) is 6.69. The molecule has 3 heterocycles. The number of pyridine rings is 1. The van der Waals surface area contributed by atoms with Gasteiger partial charge in [-0.1, -0.05) is 0 Å². The number of hydrogen-bond donors (Lipinski definition) is 2. The normalized spacial score (nSPS) is 18.5. The number of ether oxygens (including phenoxy) is 1. The third kappa shape index (κ3) is 4.77. The molecule has 2 aliphatic rings. The number of thiophene rings is 1. The van der Waals surface area contributed by atoms with Crippen molar-refractivity contribution in [2.24, 2.45) is 5.92 Å². The van der Waals surface area contributed by atoms with E-state index < -0.39 is 23.7 Å². The minimum Gasteiger partial charge on any atom is -0.446 e. The summed E-state index contributed by atoms with van der Waals surface area (Å²) in [5.41, 5.74) is -0.630. The summed E-state index contributed by atoms with van der Waals surface area (Å²) in [6.07, 6.45) is -2.12. The zero-order valence-corrected chi connectivity index (χ0v) is 18.6. The lowest BCUT2D eigenvalue weighted by Gasteiger charge is -2.33. The van der Waals surface area contributed by atoms with Gasteiger partial charge in [-0.3, -0.25) is 4.79 Å². The minimum absolute atomic E-state index is 0.0472. The monoisotopic (exact) mass is 470 g/mol. The van der Waals surface area contributed by atoms with Crippen molar-refractivity contribution in [2.45, 2.75) is 50.9 Å². The number of amides is 2. The van der Waals surface area contributed by atoms with Crippen molar-refractivity contribution in [3.8, 4) is 0 Å². The molecule has 2 fully saturated rings. The number of alkyl carbamates (subject to hydrolysis) is 1. The van der Waals surface area contributed by atoms with Crippen LogP contribution in [0, 0.1) is 5.92 Å². The number of halogens is 3. The molecular formula is C21H25F3N4O3S. The summed E-state index contributed by atoms with van der Waals surface area (Å²) in [7, 11) is 1.42. The number of nitrogens with zero attached hydrogens (tertiary/aromatic N) is 2. The van der Waals surface area contributed by atoms with Gasteiger partial charge in [0, 0.05) is 44.4 Å². The molecule has 11 heteroatoms. The molecule has 0 bridgehead atoms. The third-order valence-corrected chi connectivity index (χ3v) is 7.00. The molecule has 2 amide bonds. The lowest BCUT2D eigenvalue weighted by Crippen LogP contribution is -2.42. The SMILES string of the molecule is CNC(=O)c1csc2c(C(F)(F)F)cc(N3CCC(OC(=O)N[C@H](C)C4CC4)CC3)nc12. The summed E-state index contributed by atoms with van der Waals surface area (Å²) >= 11 is 0.859. The second kappa shape index (κ2) is 8.76. The molecule has 0 radical (unpaired) electrons. The standard InChI is InChI=1S/C21H25F3N4O3S/c1-11(12-3-4-12)26-20(30)31-13-5-7-28(8-6-13)16-9-15(21(22,23)24)18-17(27-16)14(10-32-18)19(29)25-2/h9-13H,3-8H2,1-2H3,(H,25,29)(H,26,30)/t11-/m1/s1. The van der Waals surface area contributed by atoms with Crippen LogP contribution in [0.2, 0.25) is 0 Å². The molecule has 1 aliphatic heterocycles. The van der Waals surface area contributed by atoms with Crippen molar-refractivity contribution in [1.82, 2.24) is 15.6 Å². The molecule has 4 rings (SSSR count). The zero-order chi connectivity index (χ0) is 23.0. The smallest absolute Gasteiger partial charge is 0.417 e. The second-order valence-corrected chi connectivity index (χ2v) is 9.17. The van der Waals surface area contributed by atoms with Crippen molar-refractivity contribution in [3.63, 3.8) is 0 Å². The Bertz CT molecular complexity index is 1010. The number of carbonyl (C=O) groups excluding carboxylic acids is 2.